The molecule has 0 aliphatic carbocycles. The highest BCUT2D eigenvalue weighted by atomic mass is 16.5. The van der Waals surface area contributed by atoms with Gasteiger partial charge in [-0.2, -0.15) is 0 Å². The average Bonchev–Trinajstić information content (AvgIpc) is 3.22. The standard InChI is InChI=1S/C23H31N3O2/c1-3-24-23(25-15-4-5-18-6-10-21(27)11-7-18)26-16-14-20(17-26)19-8-12-22(28-2)13-9-19/h6-13,20,27H,3-5,14-17H2,1-2H3,(H,24,25). The number of nitrogens with zero attached hydrogens (tertiary/aromatic N) is 2. The van der Waals surface area contributed by atoms with E-state index in [9.17, 15) is 5.11 Å². The lowest BCUT2D eigenvalue weighted by molar-refractivity contribution is 0.414. The number of aromatic hydroxyl groups is 1. The van der Waals surface area contributed by atoms with Crippen LogP contribution in [-0.2, 0) is 6.42 Å². The summed E-state index contributed by atoms with van der Waals surface area (Å²) in [7, 11) is 1.70. The Balaban J connectivity index is 1.54. The Morgan fingerprint density at radius 3 is 2.61 bits per heavy atom. The fourth-order valence-corrected chi connectivity index (χ4v) is 3.66. The van der Waals surface area contributed by atoms with Crippen molar-refractivity contribution < 1.29 is 9.84 Å². The van der Waals surface area contributed by atoms with E-state index < -0.39 is 0 Å². The van der Waals surface area contributed by atoms with Crippen molar-refractivity contribution in [2.45, 2.75) is 32.1 Å². The number of benzene rings is 2. The Morgan fingerprint density at radius 1 is 1.18 bits per heavy atom. The fraction of sp³-hybridized carbons (Fsp3) is 0.435. The smallest absolute Gasteiger partial charge is 0.193 e. The first-order valence-corrected chi connectivity index (χ1v) is 10.1. The summed E-state index contributed by atoms with van der Waals surface area (Å²) >= 11 is 0. The van der Waals surface area contributed by atoms with Crippen LogP contribution in [0.5, 0.6) is 11.5 Å². The average molecular weight is 382 g/mol. The maximum Gasteiger partial charge on any atom is 0.193 e. The van der Waals surface area contributed by atoms with Crippen LogP contribution in [0.3, 0.4) is 0 Å². The largest absolute Gasteiger partial charge is 0.508 e. The first-order chi connectivity index (χ1) is 13.7. The maximum atomic E-state index is 9.37. The van der Waals surface area contributed by atoms with Crippen molar-refractivity contribution in [3.05, 3.63) is 59.7 Å². The van der Waals surface area contributed by atoms with Gasteiger partial charge in [0.25, 0.3) is 0 Å². The van der Waals surface area contributed by atoms with Crippen LogP contribution >= 0.6 is 0 Å². The SMILES string of the molecule is CCNC(=NCCCc1ccc(O)cc1)N1CCC(c2ccc(OC)cc2)C1. The molecule has 2 aromatic rings. The molecule has 2 aromatic carbocycles. The highest BCUT2D eigenvalue weighted by Crippen LogP contribution is 2.28. The molecular weight excluding hydrogens is 350 g/mol. The highest BCUT2D eigenvalue weighted by Gasteiger charge is 2.26. The van der Waals surface area contributed by atoms with Crippen molar-refractivity contribution in [3.8, 4) is 11.5 Å². The topological polar surface area (TPSA) is 57.1 Å². The number of hydrogen-bond donors (Lipinski definition) is 2. The summed E-state index contributed by atoms with van der Waals surface area (Å²) in [5, 5.41) is 12.8. The van der Waals surface area contributed by atoms with E-state index in [0.29, 0.717) is 11.7 Å². The second-order valence-electron chi connectivity index (χ2n) is 7.21. The van der Waals surface area contributed by atoms with Crippen molar-refractivity contribution >= 4 is 5.96 Å². The zero-order chi connectivity index (χ0) is 19.8. The first kappa shape index (κ1) is 20.1. The first-order valence-electron chi connectivity index (χ1n) is 10.1. The lowest BCUT2D eigenvalue weighted by atomic mass is 9.98. The van der Waals surface area contributed by atoms with E-state index in [1.807, 2.05) is 24.3 Å². The van der Waals surface area contributed by atoms with Crippen LogP contribution in [0.15, 0.2) is 53.5 Å². The Kier molecular flexibility index (Phi) is 7.18. The number of phenols is 1. The summed E-state index contributed by atoms with van der Waals surface area (Å²) in [6, 6.07) is 15.9. The van der Waals surface area contributed by atoms with Crippen molar-refractivity contribution in [3.63, 3.8) is 0 Å². The monoisotopic (exact) mass is 381 g/mol. The van der Waals surface area contributed by atoms with Crippen LogP contribution in [0.1, 0.15) is 36.8 Å². The van der Waals surface area contributed by atoms with Gasteiger partial charge in [-0.15, -0.1) is 0 Å². The van der Waals surface area contributed by atoms with Gasteiger partial charge in [0.15, 0.2) is 5.96 Å². The summed E-state index contributed by atoms with van der Waals surface area (Å²) in [5.41, 5.74) is 2.60. The van der Waals surface area contributed by atoms with E-state index in [0.717, 1.165) is 57.2 Å². The molecule has 2 N–H and O–H groups in total. The predicted octanol–water partition coefficient (Wildman–Crippen LogP) is 3.79. The van der Waals surface area contributed by atoms with E-state index in [1.165, 1.54) is 11.1 Å². The molecule has 5 nitrogen and oxygen atoms in total. The zero-order valence-corrected chi connectivity index (χ0v) is 16.9. The van der Waals surface area contributed by atoms with E-state index in [-0.39, 0.29) is 0 Å². The Morgan fingerprint density at radius 2 is 1.93 bits per heavy atom. The molecule has 0 amide bonds. The minimum Gasteiger partial charge on any atom is -0.508 e. The van der Waals surface area contributed by atoms with E-state index >= 15 is 0 Å². The lowest BCUT2D eigenvalue weighted by Crippen LogP contribution is -2.40. The molecule has 1 aliphatic heterocycles. The number of aryl methyl sites for hydroxylation is 1. The van der Waals surface area contributed by atoms with Gasteiger partial charge in [0.2, 0.25) is 0 Å². The van der Waals surface area contributed by atoms with Gasteiger partial charge in [-0.3, -0.25) is 4.99 Å². The van der Waals surface area contributed by atoms with Crippen molar-refractivity contribution in [1.82, 2.24) is 10.2 Å². The molecule has 0 bridgehead atoms. The summed E-state index contributed by atoms with van der Waals surface area (Å²) in [6.07, 6.45) is 3.11. The third-order valence-electron chi connectivity index (χ3n) is 5.23. The Labute approximate surface area is 168 Å². The third kappa shape index (κ3) is 5.41. The Hall–Kier alpha value is -2.69. The minimum atomic E-state index is 0.316. The van der Waals surface area contributed by atoms with Crippen molar-refractivity contribution in [2.24, 2.45) is 4.99 Å². The maximum absolute atomic E-state index is 9.37. The van der Waals surface area contributed by atoms with Gasteiger partial charge in [0.1, 0.15) is 11.5 Å². The summed E-state index contributed by atoms with van der Waals surface area (Å²) in [5.74, 6) is 2.77. The van der Waals surface area contributed by atoms with Gasteiger partial charge in [-0.1, -0.05) is 24.3 Å². The molecule has 0 aromatic heterocycles. The van der Waals surface area contributed by atoms with E-state index in [2.05, 4.69) is 29.3 Å². The van der Waals surface area contributed by atoms with Gasteiger partial charge in [0.05, 0.1) is 7.11 Å². The van der Waals surface area contributed by atoms with Crippen LogP contribution in [0.2, 0.25) is 0 Å². The van der Waals surface area contributed by atoms with Crippen LogP contribution < -0.4 is 10.1 Å². The molecular formula is C23H31N3O2. The molecule has 0 saturated carbocycles. The molecule has 1 aliphatic rings. The predicted molar refractivity (Wildman–Crippen MR) is 114 cm³/mol. The van der Waals surface area contributed by atoms with Gasteiger partial charge in [0, 0.05) is 32.1 Å². The molecule has 0 spiro atoms. The van der Waals surface area contributed by atoms with Crippen molar-refractivity contribution in [1.29, 1.82) is 0 Å². The van der Waals surface area contributed by atoms with Gasteiger partial charge < -0.3 is 20.1 Å². The number of likely N-dealkylation sites (tertiary alicyclic amines) is 1. The summed E-state index contributed by atoms with van der Waals surface area (Å²) in [6.45, 7) is 5.81. The van der Waals surface area contributed by atoms with E-state index in [1.54, 1.807) is 19.2 Å². The number of hydrogen-bond acceptors (Lipinski definition) is 3. The van der Waals surface area contributed by atoms with E-state index in [4.69, 9.17) is 9.73 Å². The molecule has 1 heterocycles. The molecule has 1 fully saturated rings. The van der Waals surface area contributed by atoms with Gasteiger partial charge in [-0.25, -0.2) is 0 Å². The number of ether oxygens (including phenoxy) is 1. The lowest BCUT2D eigenvalue weighted by Gasteiger charge is -2.22. The zero-order valence-electron chi connectivity index (χ0n) is 16.9. The van der Waals surface area contributed by atoms with Gasteiger partial charge in [-0.05, 0) is 61.6 Å². The fourth-order valence-electron chi connectivity index (χ4n) is 3.66. The number of phenolic OH excluding ortho intramolecular Hbond substituents is 1. The Bertz CT molecular complexity index is 756. The number of methoxy groups -OCH3 is 1. The second-order valence-corrected chi connectivity index (χ2v) is 7.21. The van der Waals surface area contributed by atoms with Crippen molar-refractivity contribution in [2.75, 3.05) is 33.3 Å². The molecule has 1 atom stereocenters. The normalized spacial score (nSPS) is 17.0. The minimum absolute atomic E-state index is 0.316. The van der Waals surface area contributed by atoms with Crippen LogP contribution in [0.25, 0.3) is 0 Å². The van der Waals surface area contributed by atoms with Gasteiger partial charge >= 0.3 is 0 Å². The summed E-state index contributed by atoms with van der Waals surface area (Å²) in [4.78, 5) is 7.22. The molecule has 1 saturated heterocycles. The summed E-state index contributed by atoms with van der Waals surface area (Å²) < 4.78 is 5.26. The molecule has 5 heteroatoms. The number of guanidine groups is 1. The third-order valence-corrected chi connectivity index (χ3v) is 5.23. The molecule has 0 radical (unpaired) electrons. The number of aliphatic imine (C=N–C) groups is 1. The van der Waals surface area contributed by atoms with Crippen LogP contribution in [-0.4, -0.2) is 49.3 Å². The number of nitrogens with one attached hydrogen (secondary N) is 1. The van der Waals surface area contributed by atoms with Crippen LogP contribution in [0.4, 0.5) is 0 Å². The second kappa shape index (κ2) is 10.0. The highest BCUT2D eigenvalue weighted by molar-refractivity contribution is 5.80. The molecule has 3 rings (SSSR count). The molecule has 1 unspecified atom stereocenters. The molecule has 150 valence electrons. The number of rotatable bonds is 7. The molecule has 28 heavy (non-hydrogen) atoms. The van der Waals surface area contributed by atoms with Crippen LogP contribution in [0, 0.1) is 0 Å². The quantitative estimate of drug-likeness (QED) is 0.435.